The molecule has 0 radical (unpaired) electrons. The van der Waals surface area contributed by atoms with Gasteiger partial charge in [-0.1, -0.05) is 46.0 Å². The molecule has 2 aliphatic heterocycles. The first-order chi connectivity index (χ1) is 16.0. The third kappa shape index (κ3) is 5.57. The van der Waals surface area contributed by atoms with E-state index in [1.54, 1.807) is 23.1 Å². The normalized spacial score (nSPS) is 17.6. The van der Waals surface area contributed by atoms with Gasteiger partial charge in [0, 0.05) is 17.6 Å². The van der Waals surface area contributed by atoms with Gasteiger partial charge in [-0.3, -0.25) is 14.5 Å². The summed E-state index contributed by atoms with van der Waals surface area (Å²) >= 11 is 10.1. The third-order valence-corrected chi connectivity index (χ3v) is 6.91. The zero-order valence-corrected chi connectivity index (χ0v) is 21.0. The second kappa shape index (κ2) is 10.7. The number of halogens is 1. The van der Waals surface area contributed by atoms with Gasteiger partial charge >= 0.3 is 0 Å². The number of ether oxygens (including phenoxy) is 3. The molecule has 7 nitrogen and oxygen atoms in total. The van der Waals surface area contributed by atoms with Crippen LogP contribution in [0.15, 0.2) is 51.8 Å². The molecule has 0 spiro atoms. The van der Waals surface area contributed by atoms with Crippen LogP contribution in [0.1, 0.15) is 5.56 Å². The van der Waals surface area contributed by atoms with Crippen LogP contribution in [0.2, 0.25) is 0 Å². The first-order valence-electron chi connectivity index (χ1n) is 10.2. The number of amides is 2. The number of hydrogen-bond donors (Lipinski definition) is 0. The van der Waals surface area contributed by atoms with Crippen LogP contribution in [0.3, 0.4) is 0 Å². The Kier molecular flexibility index (Phi) is 7.69. The number of thioether (sulfide) groups is 1. The highest BCUT2D eigenvalue weighted by molar-refractivity contribution is 9.10. The van der Waals surface area contributed by atoms with Crippen molar-refractivity contribution >= 4 is 67.8 Å². The zero-order valence-electron chi connectivity index (χ0n) is 17.8. The van der Waals surface area contributed by atoms with E-state index >= 15 is 0 Å². The summed E-state index contributed by atoms with van der Waals surface area (Å²) in [7, 11) is 1.53. The molecule has 2 aromatic carbocycles. The second-order valence-corrected chi connectivity index (χ2v) is 9.78. The Morgan fingerprint density at radius 3 is 2.61 bits per heavy atom. The van der Waals surface area contributed by atoms with Crippen LogP contribution in [-0.2, 0) is 14.3 Å². The fraction of sp³-hybridized carbons (Fsp3) is 0.261. The number of benzene rings is 2. The van der Waals surface area contributed by atoms with Gasteiger partial charge in [0.05, 0.1) is 30.9 Å². The highest BCUT2D eigenvalue weighted by Crippen LogP contribution is 2.37. The summed E-state index contributed by atoms with van der Waals surface area (Å²) in [5, 5.41) is 0. The average molecular weight is 549 g/mol. The Morgan fingerprint density at radius 2 is 1.91 bits per heavy atom. The molecule has 2 aromatic rings. The molecule has 0 aromatic heterocycles. The monoisotopic (exact) mass is 548 g/mol. The smallest absolute Gasteiger partial charge is 0.270 e. The minimum absolute atomic E-state index is 0.0818. The number of carbonyl (C=O) groups is 2. The van der Waals surface area contributed by atoms with E-state index in [2.05, 4.69) is 15.9 Å². The van der Waals surface area contributed by atoms with Gasteiger partial charge in [-0.15, -0.1) is 0 Å². The largest absolute Gasteiger partial charge is 0.493 e. The SMILES string of the molecule is COc1cc(/C=C2\SC(=S)N(c3ccc(Br)cc3)C2=O)ccc1OCC(=O)N1CCOCC1. The fourth-order valence-corrected chi connectivity index (χ4v) is 4.93. The maximum absolute atomic E-state index is 13.0. The molecule has 4 rings (SSSR count). The molecule has 0 bridgehead atoms. The molecule has 0 atom stereocenters. The lowest BCUT2D eigenvalue weighted by atomic mass is 10.2. The van der Waals surface area contributed by atoms with Crippen molar-refractivity contribution in [3.8, 4) is 11.5 Å². The average Bonchev–Trinajstić information content (AvgIpc) is 3.11. The van der Waals surface area contributed by atoms with Crippen molar-refractivity contribution in [2.75, 3.05) is 44.9 Å². The van der Waals surface area contributed by atoms with E-state index in [-0.39, 0.29) is 18.4 Å². The quantitative estimate of drug-likeness (QED) is 0.397. The van der Waals surface area contributed by atoms with Crippen LogP contribution in [0.25, 0.3) is 6.08 Å². The molecule has 172 valence electrons. The minimum atomic E-state index is -0.178. The Labute approximate surface area is 209 Å². The maximum atomic E-state index is 13.0. The number of methoxy groups -OCH3 is 1. The summed E-state index contributed by atoms with van der Waals surface area (Å²) in [6.45, 7) is 2.13. The Hall–Kier alpha value is -2.40. The summed E-state index contributed by atoms with van der Waals surface area (Å²) in [5.74, 6) is 0.657. The van der Waals surface area contributed by atoms with Gasteiger partial charge in [-0.25, -0.2) is 0 Å². The van der Waals surface area contributed by atoms with E-state index in [9.17, 15) is 9.59 Å². The summed E-state index contributed by atoms with van der Waals surface area (Å²) < 4.78 is 17.8. The van der Waals surface area contributed by atoms with Crippen molar-refractivity contribution in [3.63, 3.8) is 0 Å². The van der Waals surface area contributed by atoms with Crippen molar-refractivity contribution in [1.82, 2.24) is 4.90 Å². The van der Waals surface area contributed by atoms with Crippen molar-refractivity contribution in [3.05, 3.63) is 57.4 Å². The Morgan fingerprint density at radius 1 is 1.18 bits per heavy atom. The van der Waals surface area contributed by atoms with Gasteiger partial charge in [0.2, 0.25) is 0 Å². The summed E-state index contributed by atoms with van der Waals surface area (Å²) in [6.07, 6.45) is 1.77. The summed E-state index contributed by atoms with van der Waals surface area (Å²) in [5.41, 5.74) is 1.48. The molecule has 2 fully saturated rings. The number of carbonyl (C=O) groups excluding carboxylic acids is 2. The molecular weight excluding hydrogens is 528 g/mol. The molecule has 10 heteroatoms. The van der Waals surface area contributed by atoms with E-state index in [1.807, 2.05) is 30.3 Å². The summed E-state index contributed by atoms with van der Waals surface area (Å²) in [6, 6.07) is 12.7. The molecule has 0 N–H and O–H groups in total. The Balaban J connectivity index is 1.47. The molecule has 0 unspecified atom stereocenters. The number of anilines is 1. The second-order valence-electron chi connectivity index (χ2n) is 7.19. The first kappa shape index (κ1) is 23.7. The summed E-state index contributed by atoms with van der Waals surface area (Å²) in [4.78, 5) is 29.1. The molecule has 2 aliphatic rings. The molecular formula is C23H21BrN2O5S2. The number of thiocarbonyl (C=S) groups is 1. The standard InChI is InChI=1S/C23H21BrN2O5S2/c1-29-19-12-15(2-7-18(19)31-14-21(27)25-8-10-30-11-9-25)13-20-22(28)26(23(32)33-20)17-5-3-16(24)4-6-17/h2-7,12-13H,8-11,14H2,1H3/b20-13-. The zero-order chi connectivity index (χ0) is 23.4. The molecule has 33 heavy (non-hydrogen) atoms. The highest BCUT2D eigenvalue weighted by Gasteiger charge is 2.33. The Bertz CT molecular complexity index is 1100. The van der Waals surface area contributed by atoms with Gasteiger partial charge in [0.15, 0.2) is 22.4 Å². The topological polar surface area (TPSA) is 68.3 Å². The molecule has 0 saturated carbocycles. The van der Waals surface area contributed by atoms with Gasteiger partial charge < -0.3 is 19.1 Å². The van der Waals surface area contributed by atoms with E-state index in [1.165, 1.54) is 23.8 Å². The van der Waals surface area contributed by atoms with Crippen LogP contribution in [0, 0.1) is 0 Å². The number of nitrogens with zero attached hydrogens (tertiary/aromatic N) is 2. The lowest BCUT2D eigenvalue weighted by Gasteiger charge is -2.26. The first-order valence-corrected chi connectivity index (χ1v) is 12.2. The molecule has 0 aliphatic carbocycles. The van der Waals surface area contributed by atoms with E-state index < -0.39 is 0 Å². The number of hydrogen-bond acceptors (Lipinski definition) is 7. The van der Waals surface area contributed by atoms with Gasteiger partial charge in [0.1, 0.15) is 0 Å². The molecule has 2 heterocycles. The maximum Gasteiger partial charge on any atom is 0.270 e. The van der Waals surface area contributed by atoms with Crippen LogP contribution in [-0.4, -0.2) is 61.1 Å². The third-order valence-electron chi connectivity index (χ3n) is 5.08. The van der Waals surface area contributed by atoms with Crippen molar-refractivity contribution in [1.29, 1.82) is 0 Å². The number of morpholine rings is 1. The molecule has 2 saturated heterocycles. The van der Waals surface area contributed by atoms with Gasteiger partial charge in [-0.2, -0.15) is 0 Å². The van der Waals surface area contributed by atoms with Crippen LogP contribution < -0.4 is 14.4 Å². The van der Waals surface area contributed by atoms with Gasteiger partial charge in [-0.05, 0) is 48.0 Å². The van der Waals surface area contributed by atoms with Crippen molar-refractivity contribution in [2.24, 2.45) is 0 Å². The van der Waals surface area contributed by atoms with E-state index in [0.717, 1.165) is 15.7 Å². The van der Waals surface area contributed by atoms with Crippen LogP contribution in [0.4, 0.5) is 5.69 Å². The van der Waals surface area contributed by atoms with Crippen molar-refractivity contribution < 1.29 is 23.8 Å². The lowest BCUT2D eigenvalue weighted by molar-refractivity contribution is -0.137. The lowest BCUT2D eigenvalue weighted by Crippen LogP contribution is -2.43. The van der Waals surface area contributed by atoms with Gasteiger partial charge in [0.25, 0.3) is 11.8 Å². The highest BCUT2D eigenvalue weighted by atomic mass is 79.9. The fourth-order valence-electron chi connectivity index (χ4n) is 3.37. The predicted molar refractivity (Wildman–Crippen MR) is 136 cm³/mol. The van der Waals surface area contributed by atoms with Crippen LogP contribution >= 0.6 is 39.9 Å². The van der Waals surface area contributed by atoms with Crippen molar-refractivity contribution in [2.45, 2.75) is 0 Å². The minimum Gasteiger partial charge on any atom is -0.493 e. The van der Waals surface area contributed by atoms with Crippen LogP contribution in [0.5, 0.6) is 11.5 Å². The van der Waals surface area contributed by atoms with E-state index in [0.29, 0.717) is 47.0 Å². The predicted octanol–water partition coefficient (Wildman–Crippen LogP) is 4.10. The molecule has 2 amide bonds. The number of rotatable bonds is 6. The van der Waals surface area contributed by atoms with E-state index in [4.69, 9.17) is 26.4 Å².